The van der Waals surface area contributed by atoms with Gasteiger partial charge >= 0.3 is 0 Å². The summed E-state index contributed by atoms with van der Waals surface area (Å²) in [5, 5.41) is 0. The monoisotopic (exact) mass is 215 g/mol. The van der Waals surface area contributed by atoms with E-state index in [9.17, 15) is 0 Å². The number of benzene rings is 1. The van der Waals surface area contributed by atoms with Crippen LogP contribution in [0.3, 0.4) is 0 Å². The molecule has 1 aromatic heterocycles. The first kappa shape index (κ1) is 10.6. The summed E-state index contributed by atoms with van der Waals surface area (Å²) in [5.74, 6) is 0. The van der Waals surface area contributed by atoms with Crippen LogP contribution in [0, 0.1) is 0 Å². The van der Waals surface area contributed by atoms with Gasteiger partial charge in [0.2, 0.25) is 0 Å². The molecule has 1 heterocycles. The van der Waals surface area contributed by atoms with E-state index in [0.717, 1.165) is 24.3 Å². The number of rotatable bonds is 4. The van der Waals surface area contributed by atoms with Crippen LogP contribution in [0.2, 0.25) is 0 Å². The lowest BCUT2D eigenvalue weighted by atomic mass is 10.2. The van der Waals surface area contributed by atoms with Gasteiger partial charge in [0.1, 0.15) is 0 Å². The predicted octanol–water partition coefficient (Wildman–Crippen LogP) is 2.28. The third kappa shape index (κ3) is 2.57. The van der Waals surface area contributed by atoms with E-state index in [4.69, 9.17) is 5.73 Å². The van der Waals surface area contributed by atoms with E-state index >= 15 is 0 Å². The van der Waals surface area contributed by atoms with E-state index < -0.39 is 0 Å². The molecule has 0 fully saturated rings. The molecule has 3 N–H and O–H groups in total. The van der Waals surface area contributed by atoms with Crippen molar-refractivity contribution in [3.05, 3.63) is 48.3 Å². The first-order valence-corrected chi connectivity index (χ1v) is 5.44. The maximum Gasteiger partial charge on any atom is 0.0384 e. The largest absolute Gasteiger partial charge is 0.399 e. The second-order valence-corrected chi connectivity index (χ2v) is 3.96. The minimum atomic E-state index is 0.809. The van der Waals surface area contributed by atoms with Crippen LogP contribution in [0.25, 0.3) is 0 Å². The number of nitrogens with two attached hydrogens (primary N) is 1. The topological polar surface area (TPSA) is 45.0 Å². The van der Waals surface area contributed by atoms with Crippen LogP contribution in [0.15, 0.2) is 42.6 Å². The molecule has 0 saturated carbocycles. The lowest BCUT2D eigenvalue weighted by Gasteiger charge is -2.19. The first-order valence-electron chi connectivity index (χ1n) is 5.44. The van der Waals surface area contributed by atoms with Crippen LogP contribution in [-0.4, -0.2) is 18.6 Å². The summed E-state index contributed by atoms with van der Waals surface area (Å²) >= 11 is 0. The van der Waals surface area contributed by atoms with E-state index in [1.165, 1.54) is 5.69 Å². The van der Waals surface area contributed by atoms with Crippen LogP contribution in [0.1, 0.15) is 5.69 Å². The van der Waals surface area contributed by atoms with E-state index in [-0.39, 0.29) is 0 Å². The number of aromatic nitrogens is 1. The normalized spacial score (nSPS) is 10.3. The highest BCUT2D eigenvalue weighted by Crippen LogP contribution is 2.16. The summed E-state index contributed by atoms with van der Waals surface area (Å²) in [4.78, 5) is 5.41. The Labute approximate surface area is 95.9 Å². The summed E-state index contributed by atoms with van der Waals surface area (Å²) < 4.78 is 0. The molecule has 84 valence electrons. The lowest BCUT2D eigenvalue weighted by Crippen LogP contribution is -2.20. The Bertz CT molecular complexity index is 434. The second-order valence-electron chi connectivity index (χ2n) is 3.96. The van der Waals surface area contributed by atoms with Crippen LogP contribution >= 0.6 is 0 Å². The van der Waals surface area contributed by atoms with E-state index in [0.29, 0.717) is 0 Å². The average Bonchev–Trinajstić information content (AvgIpc) is 2.78. The smallest absolute Gasteiger partial charge is 0.0384 e. The molecule has 0 amide bonds. The van der Waals surface area contributed by atoms with Gasteiger partial charge in [-0.25, -0.2) is 0 Å². The van der Waals surface area contributed by atoms with E-state index in [1.807, 2.05) is 30.5 Å². The van der Waals surface area contributed by atoms with Crippen molar-refractivity contribution in [1.82, 2.24) is 4.98 Å². The quantitative estimate of drug-likeness (QED) is 0.768. The molecule has 0 saturated heterocycles. The van der Waals surface area contributed by atoms with Gasteiger partial charge in [-0.3, -0.25) is 0 Å². The highest BCUT2D eigenvalue weighted by Gasteiger charge is 2.01. The van der Waals surface area contributed by atoms with Gasteiger partial charge < -0.3 is 15.6 Å². The van der Waals surface area contributed by atoms with Crippen molar-refractivity contribution in [2.24, 2.45) is 0 Å². The first-order chi connectivity index (χ1) is 7.75. The SMILES string of the molecule is CN(CCc1ccc[nH]1)c1cccc(N)c1. The fraction of sp³-hybridized carbons (Fsp3) is 0.231. The number of nitrogen functional groups attached to an aromatic ring is 1. The second kappa shape index (κ2) is 4.75. The molecule has 1 aromatic carbocycles. The molecule has 0 aliphatic carbocycles. The van der Waals surface area contributed by atoms with Gasteiger partial charge in [-0.2, -0.15) is 0 Å². The summed E-state index contributed by atoms with van der Waals surface area (Å²) in [6.07, 6.45) is 2.97. The van der Waals surface area contributed by atoms with Crippen LogP contribution in [0.4, 0.5) is 11.4 Å². The summed E-state index contributed by atoms with van der Waals surface area (Å²) in [5.41, 5.74) is 8.98. The summed E-state index contributed by atoms with van der Waals surface area (Å²) in [6.45, 7) is 0.976. The molecule has 0 unspecified atom stereocenters. The Balaban J connectivity index is 1.95. The molecule has 0 aliphatic rings. The lowest BCUT2D eigenvalue weighted by molar-refractivity contribution is 0.859. The molecule has 2 aromatic rings. The van der Waals surface area contributed by atoms with Crippen molar-refractivity contribution in [2.75, 3.05) is 24.2 Å². The highest BCUT2D eigenvalue weighted by molar-refractivity contribution is 5.55. The Morgan fingerprint density at radius 1 is 1.25 bits per heavy atom. The van der Waals surface area contributed by atoms with Crippen LogP contribution in [-0.2, 0) is 6.42 Å². The standard InChI is InChI=1S/C13H17N3/c1-16(9-7-12-5-3-8-15-12)13-6-2-4-11(14)10-13/h2-6,8,10,15H,7,9,14H2,1H3. The van der Waals surface area contributed by atoms with Crippen molar-refractivity contribution >= 4 is 11.4 Å². The molecule has 0 spiro atoms. The molecular weight excluding hydrogens is 198 g/mol. The zero-order chi connectivity index (χ0) is 11.4. The van der Waals surface area contributed by atoms with Gasteiger partial charge in [0, 0.05) is 43.3 Å². The number of nitrogens with one attached hydrogen (secondary N) is 1. The molecule has 2 rings (SSSR count). The maximum atomic E-state index is 5.75. The van der Waals surface area contributed by atoms with E-state index in [2.05, 4.69) is 29.1 Å². The predicted molar refractivity (Wildman–Crippen MR) is 68.6 cm³/mol. The average molecular weight is 215 g/mol. The van der Waals surface area contributed by atoms with Gasteiger partial charge in [0.25, 0.3) is 0 Å². The van der Waals surface area contributed by atoms with Crippen molar-refractivity contribution in [2.45, 2.75) is 6.42 Å². The Kier molecular flexibility index (Phi) is 3.15. The van der Waals surface area contributed by atoms with Crippen LogP contribution < -0.4 is 10.6 Å². The Morgan fingerprint density at radius 3 is 2.81 bits per heavy atom. The Hall–Kier alpha value is -1.90. The zero-order valence-electron chi connectivity index (χ0n) is 9.48. The number of anilines is 2. The van der Waals surface area contributed by atoms with E-state index in [1.54, 1.807) is 0 Å². The fourth-order valence-electron chi connectivity index (χ4n) is 1.70. The van der Waals surface area contributed by atoms with Gasteiger partial charge in [0.05, 0.1) is 0 Å². The highest BCUT2D eigenvalue weighted by atomic mass is 15.1. The van der Waals surface area contributed by atoms with Crippen molar-refractivity contribution < 1.29 is 0 Å². The Morgan fingerprint density at radius 2 is 2.12 bits per heavy atom. The molecule has 0 aliphatic heterocycles. The number of hydrogen-bond acceptors (Lipinski definition) is 2. The van der Waals surface area contributed by atoms with Crippen molar-refractivity contribution in [3.63, 3.8) is 0 Å². The molecule has 3 nitrogen and oxygen atoms in total. The molecule has 3 heteroatoms. The number of hydrogen-bond donors (Lipinski definition) is 2. The van der Waals surface area contributed by atoms with Gasteiger partial charge in [0.15, 0.2) is 0 Å². The zero-order valence-corrected chi connectivity index (χ0v) is 9.48. The number of nitrogens with zero attached hydrogens (tertiary/aromatic N) is 1. The maximum absolute atomic E-state index is 5.75. The summed E-state index contributed by atoms with van der Waals surface area (Å²) in [6, 6.07) is 12.1. The minimum absolute atomic E-state index is 0.809. The number of H-pyrrole nitrogens is 1. The van der Waals surface area contributed by atoms with Crippen molar-refractivity contribution in [3.8, 4) is 0 Å². The van der Waals surface area contributed by atoms with Gasteiger partial charge in [-0.1, -0.05) is 6.07 Å². The molecule has 16 heavy (non-hydrogen) atoms. The van der Waals surface area contributed by atoms with Crippen LogP contribution in [0.5, 0.6) is 0 Å². The number of likely N-dealkylation sites (N-methyl/N-ethyl adjacent to an activating group) is 1. The third-order valence-corrected chi connectivity index (χ3v) is 2.69. The minimum Gasteiger partial charge on any atom is -0.399 e. The number of aromatic amines is 1. The van der Waals surface area contributed by atoms with Gasteiger partial charge in [-0.05, 0) is 30.3 Å². The third-order valence-electron chi connectivity index (χ3n) is 2.69. The van der Waals surface area contributed by atoms with Gasteiger partial charge in [-0.15, -0.1) is 0 Å². The summed E-state index contributed by atoms with van der Waals surface area (Å²) in [7, 11) is 2.08. The fourth-order valence-corrected chi connectivity index (χ4v) is 1.70. The molecular formula is C13H17N3. The molecule has 0 radical (unpaired) electrons. The molecule has 0 atom stereocenters. The van der Waals surface area contributed by atoms with Crippen molar-refractivity contribution in [1.29, 1.82) is 0 Å². The molecule has 0 bridgehead atoms.